The minimum absolute atomic E-state index is 0.267. The van der Waals surface area contributed by atoms with Crippen molar-refractivity contribution >= 4 is 11.7 Å². The molecule has 0 saturated carbocycles. The molecular formula is C11H12N4O2. The SMILES string of the molecule is CNc1cncc(C(=O)NCc2ccco2)n1. The lowest BCUT2D eigenvalue weighted by atomic mass is 10.4. The van der Waals surface area contributed by atoms with Gasteiger partial charge in [0, 0.05) is 7.05 Å². The molecular weight excluding hydrogens is 220 g/mol. The molecule has 2 aromatic heterocycles. The molecule has 0 aliphatic carbocycles. The van der Waals surface area contributed by atoms with Crippen molar-refractivity contribution in [2.24, 2.45) is 0 Å². The van der Waals surface area contributed by atoms with Crippen LogP contribution in [0, 0.1) is 0 Å². The Labute approximate surface area is 98.1 Å². The van der Waals surface area contributed by atoms with Gasteiger partial charge in [0.25, 0.3) is 5.91 Å². The van der Waals surface area contributed by atoms with Crippen LogP contribution >= 0.6 is 0 Å². The van der Waals surface area contributed by atoms with Crippen LogP contribution in [0.3, 0.4) is 0 Å². The molecule has 2 heterocycles. The van der Waals surface area contributed by atoms with Crippen LogP contribution in [0.15, 0.2) is 35.2 Å². The summed E-state index contributed by atoms with van der Waals surface area (Å²) in [6, 6.07) is 3.55. The van der Waals surface area contributed by atoms with E-state index in [1.165, 1.54) is 6.20 Å². The van der Waals surface area contributed by atoms with Crippen LogP contribution in [0.25, 0.3) is 0 Å². The van der Waals surface area contributed by atoms with Crippen molar-refractivity contribution in [3.8, 4) is 0 Å². The Bertz CT molecular complexity index is 496. The zero-order valence-electron chi connectivity index (χ0n) is 9.30. The highest BCUT2D eigenvalue weighted by molar-refractivity contribution is 5.92. The van der Waals surface area contributed by atoms with Crippen LogP contribution in [0.1, 0.15) is 16.2 Å². The number of nitrogens with one attached hydrogen (secondary N) is 2. The lowest BCUT2D eigenvalue weighted by Gasteiger charge is -2.03. The standard InChI is InChI=1S/C11H12N4O2/c1-12-10-7-13-6-9(15-10)11(16)14-5-8-3-2-4-17-8/h2-4,6-7H,5H2,1H3,(H,12,15)(H,14,16). The smallest absolute Gasteiger partial charge is 0.271 e. The minimum Gasteiger partial charge on any atom is -0.467 e. The summed E-state index contributed by atoms with van der Waals surface area (Å²) in [7, 11) is 1.72. The fourth-order valence-electron chi connectivity index (χ4n) is 1.27. The molecule has 0 radical (unpaired) electrons. The summed E-state index contributed by atoms with van der Waals surface area (Å²) in [4.78, 5) is 19.7. The molecule has 0 spiro atoms. The molecule has 0 unspecified atom stereocenters. The molecule has 6 heteroatoms. The topological polar surface area (TPSA) is 80.0 Å². The van der Waals surface area contributed by atoms with Crippen LogP contribution in [0.2, 0.25) is 0 Å². The summed E-state index contributed by atoms with van der Waals surface area (Å²) < 4.78 is 5.10. The Hall–Kier alpha value is -2.37. The molecule has 0 aromatic carbocycles. The molecule has 88 valence electrons. The van der Waals surface area contributed by atoms with E-state index in [4.69, 9.17) is 4.42 Å². The summed E-state index contributed by atoms with van der Waals surface area (Å²) >= 11 is 0. The van der Waals surface area contributed by atoms with Gasteiger partial charge in [-0.15, -0.1) is 0 Å². The molecule has 0 aliphatic heterocycles. The number of furan rings is 1. The summed E-state index contributed by atoms with van der Waals surface area (Å²) in [5, 5.41) is 5.51. The van der Waals surface area contributed by atoms with Crippen LogP contribution in [0.4, 0.5) is 5.82 Å². The first kappa shape index (κ1) is 11.1. The lowest BCUT2D eigenvalue weighted by molar-refractivity contribution is 0.0943. The van der Waals surface area contributed by atoms with Gasteiger partial charge in [-0.2, -0.15) is 0 Å². The van der Waals surface area contributed by atoms with E-state index in [1.807, 2.05) is 0 Å². The Balaban J connectivity index is 1.99. The van der Waals surface area contributed by atoms with E-state index < -0.39 is 0 Å². The van der Waals surface area contributed by atoms with Crippen molar-refractivity contribution in [1.29, 1.82) is 0 Å². The third kappa shape index (κ3) is 2.81. The Morgan fingerprint density at radius 1 is 1.47 bits per heavy atom. The molecule has 0 fully saturated rings. The lowest BCUT2D eigenvalue weighted by Crippen LogP contribution is -2.24. The maximum atomic E-state index is 11.7. The molecule has 0 saturated heterocycles. The minimum atomic E-state index is -0.286. The average Bonchev–Trinajstić information content (AvgIpc) is 2.89. The van der Waals surface area contributed by atoms with Crippen LogP contribution in [-0.4, -0.2) is 22.9 Å². The number of rotatable bonds is 4. The number of hydrogen-bond acceptors (Lipinski definition) is 5. The van der Waals surface area contributed by atoms with Crippen molar-refractivity contribution in [3.63, 3.8) is 0 Å². The fourth-order valence-corrected chi connectivity index (χ4v) is 1.27. The molecule has 17 heavy (non-hydrogen) atoms. The van der Waals surface area contributed by atoms with Gasteiger partial charge in [0.1, 0.15) is 17.3 Å². The van der Waals surface area contributed by atoms with Crippen molar-refractivity contribution in [1.82, 2.24) is 15.3 Å². The van der Waals surface area contributed by atoms with Gasteiger partial charge in [-0.1, -0.05) is 0 Å². The van der Waals surface area contributed by atoms with E-state index >= 15 is 0 Å². The van der Waals surface area contributed by atoms with Gasteiger partial charge in [0.2, 0.25) is 0 Å². The zero-order chi connectivity index (χ0) is 12.1. The number of anilines is 1. The highest BCUT2D eigenvalue weighted by Gasteiger charge is 2.08. The number of carbonyl (C=O) groups excluding carboxylic acids is 1. The Morgan fingerprint density at radius 3 is 3.06 bits per heavy atom. The largest absolute Gasteiger partial charge is 0.467 e. The predicted octanol–water partition coefficient (Wildman–Crippen LogP) is 1.04. The zero-order valence-corrected chi connectivity index (χ0v) is 9.30. The third-order valence-corrected chi connectivity index (χ3v) is 2.13. The second kappa shape index (κ2) is 5.11. The number of carbonyl (C=O) groups is 1. The summed E-state index contributed by atoms with van der Waals surface area (Å²) in [5.41, 5.74) is 0.267. The van der Waals surface area contributed by atoms with E-state index in [-0.39, 0.29) is 11.6 Å². The van der Waals surface area contributed by atoms with Crippen LogP contribution in [-0.2, 0) is 6.54 Å². The third-order valence-electron chi connectivity index (χ3n) is 2.13. The Morgan fingerprint density at radius 2 is 2.35 bits per heavy atom. The average molecular weight is 232 g/mol. The molecule has 0 bridgehead atoms. The maximum absolute atomic E-state index is 11.7. The molecule has 1 amide bonds. The highest BCUT2D eigenvalue weighted by atomic mass is 16.3. The van der Waals surface area contributed by atoms with E-state index in [1.54, 1.807) is 31.6 Å². The molecule has 2 N–H and O–H groups in total. The van der Waals surface area contributed by atoms with Crippen molar-refractivity contribution in [2.75, 3.05) is 12.4 Å². The second-order valence-electron chi connectivity index (χ2n) is 3.30. The first-order valence-corrected chi connectivity index (χ1v) is 5.10. The van der Waals surface area contributed by atoms with E-state index in [9.17, 15) is 4.79 Å². The molecule has 6 nitrogen and oxygen atoms in total. The van der Waals surface area contributed by atoms with E-state index in [0.29, 0.717) is 18.1 Å². The quantitative estimate of drug-likeness (QED) is 0.823. The molecule has 2 rings (SSSR count). The van der Waals surface area contributed by atoms with E-state index in [2.05, 4.69) is 20.6 Å². The normalized spacial score (nSPS) is 9.94. The number of hydrogen-bond donors (Lipinski definition) is 2. The van der Waals surface area contributed by atoms with Crippen molar-refractivity contribution in [3.05, 3.63) is 42.2 Å². The molecule has 0 aliphatic rings. The van der Waals surface area contributed by atoms with Gasteiger partial charge in [-0.3, -0.25) is 9.78 Å². The Kier molecular flexibility index (Phi) is 3.34. The van der Waals surface area contributed by atoms with Gasteiger partial charge in [-0.05, 0) is 12.1 Å². The number of nitrogens with zero attached hydrogens (tertiary/aromatic N) is 2. The number of amides is 1. The van der Waals surface area contributed by atoms with Gasteiger partial charge in [0.15, 0.2) is 0 Å². The fraction of sp³-hybridized carbons (Fsp3) is 0.182. The summed E-state index contributed by atoms with van der Waals surface area (Å²) in [6.45, 7) is 0.331. The maximum Gasteiger partial charge on any atom is 0.271 e. The number of aromatic nitrogens is 2. The summed E-state index contributed by atoms with van der Waals surface area (Å²) in [6.07, 6.45) is 4.52. The summed E-state index contributed by atoms with van der Waals surface area (Å²) in [5.74, 6) is 0.956. The van der Waals surface area contributed by atoms with Crippen molar-refractivity contribution in [2.45, 2.75) is 6.54 Å². The monoisotopic (exact) mass is 232 g/mol. The molecule has 0 atom stereocenters. The van der Waals surface area contributed by atoms with Crippen LogP contribution < -0.4 is 10.6 Å². The van der Waals surface area contributed by atoms with Gasteiger partial charge in [0.05, 0.1) is 25.2 Å². The first-order valence-electron chi connectivity index (χ1n) is 5.10. The van der Waals surface area contributed by atoms with Gasteiger partial charge < -0.3 is 15.1 Å². The molecule has 2 aromatic rings. The predicted molar refractivity (Wildman–Crippen MR) is 61.5 cm³/mol. The first-order chi connectivity index (χ1) is 8.29. The van der Waals surface area contributed by atoms with Gasteiger partial charge >= 0.3 is 0 Å². The van der Waals surface area contributed by atoms with Crippen molar-refractivity contribution < 1.29 is 9.21 Å². The highest BCUT2D eigenvalue weighted by Crippen LogP contribution is 2.02. The van der Waals surface area contributed by atoms with Crippen LogP contribution in [0.5, 0.6) is 0 Å². The van der Waals surface area contributed by atoms with E-state index in [0.717, 1.165) is 0 Å². The van der Waals surface area contributed by atoms with Gasteiger partial charge in [-0.25, -0.2) is 4.98 Å². The second-order valence-corrected chi connectivity index (χ2v) is 3.30.